The van der Waals surface area contributed by atoms with E-state index >= 15 is 0 Å². The molecule has 2 aromatic carbocycles. The van der Waals surface area contributed by atoms with E-state index in [1.807, 2.05) is 13.0 Å². The Bertz CT molecular complexity index is 1100. The standard InChI is InChI=1S/C21H20Cl2N4O3/c1-3-10-30-19-9-4-14(11-17(19)22)12-24-26-18-13-25-27(21(28)20(18)23)15-5-7-16(29-2)8-6-15/h4-9,11-13,26H,3,10H2,1-2H3/b24-12-. The molecule has 0 unspecified atom stereocenters. The van der Waals surface area contributed by atoms with Gasteiger partial charge < -0.3 is 9.47 Å². The molecule has 3 aromatic rings. The second-order valence-electron chi connectivity index (χ2n) is 6.20. The number of nitrogens with one attached hydrogen (secondary N) is 1. The Labute approximate surface area is 183 Å². The highest BCUT2D eigenvalue weighted by Gasteiger charge is 2.10. The zero-order chi connectivity index (χ0) is 21.5. The lowest BCUT2D eigenvalue weighted by Gasteiger charge is -2.09. The van der Waals surface area contributed by atoms with E-state index in [-0.39, 0.29) is 10.7 Å². The number of methoxy groups -OCH3 is 1. The van der Waals surface area contributed by atoms with Gasteiger partial charge in [-0.25, -0.2) is 0 Å². The van der Waals surface area contributed by atoms with E-state index in [0.717, 1.165) is 12.0 Å². The van der Waals surface area contributed by atoms with Gasteiger partial charge >= 0.3 is 0 Å². The first-order valence-electron chi connectivity index (χ1n) is 9.17. The largest absolute Gasteiger partial charge is 0.497 e. The summed E-state index contributed by atoms with van der Waals surface area (Å²) in [4.78, 5) is 12.6. The van der Waals surface area contributed by atoms with Crippen molar-refractivity contribution in [3.8, 4) is 17.2 Å². The number of hydrogen-bond acceptors (Lipinski definition) is 6. The number of rotatable bonds is 8. The average Bonchev–Trinajstić information content (AvgIpc) is 2.76. The van der Waals surface area contributed by atoms with Crippen molar-refractivity contribution in [2.24, 2.45) is 5.10 Å². The van der Waals surface area contributed by atoms with Crippen molar-refractivity contribution in [1.29, 1.82) is 0 Å². The van der Waals surface area contributed by atoms with Gasteiger partial charge in [0.2, 0.25) is 0 Å². The van der Waals surface area contributed by atoms with Crippen LogP contribution >= 0.6 is 23.2 Å². The summed E-state index contributed by atoms with van der Waals surface area (Å²) < 4.78 is 11.9. The summed E-state index contributed by atoms with van der Waals surface area (Å²) in [6.07, 6.45) is 3.89. The molecule has 7 nitrogen and oxygen atoms in total. The lowest BCUT2D eigenvalue weighted by molar-refractivity contribution is 0.317. The Morgan fingerprint density at radius 1 is 1.20 bits per heavy atom. The molecule has 30 heavy (non-hydrogen) atoms. The van der Waals surface area contributed by atoms with Crippen LogP contribution in [0.25, 0.3) is 5.69 Å². The van der Waals surface area contributed by atoms with Crippen LogP contribution < -0.4 is 20.5 Å². The Morgan fingerprint density at radius 3 is 2.63 bits per heavy atom. The maximum atomic E-state index is 12.6. The highest BCUT2D eigenvalue weighted by Crippen LogP contribution is 2.25. The lowest BCUT2D eigenvalue weighted by Crippen LogP contribution is -2.22. The van der Waals surface area contributed by atoms with Gasteiger partial charge in [-0.1, -0.05) is 30.1 Å². The van der Waals surface area contributed by atoms with Crippen LogP contribution in [0.5, 0.6) is 11.5 Å². The molecular weight excluding hydrogens is 427 g/mol. The van der Waals surface area contributed by atoms with Crippen LogP contribution in [0.15, 0.2) is 58.6 Å². The van der Waals surface area contributed by atoms with Gasteiger partial charge in [0.05, 0.1) is 36.8 Å². The van der Waals surface area contributed by atoms with Crippen molar-refractivity contribution >= 4 is 35.1 Å². The third-order valence-electron chi connectivity index (χ3n) is 4.05. The normalized spacial score (nSPS) is 10.9. The highest BCUT2D eigenvalue weighted by atomic mass is 35.5. The second kappa shape index (κ2) is 10.1. The summed E-state index contributed by atoms with van der Waals surface area (Å²) in [5, 5.41) is 8.72. The van der Waals surface area contributed by atoms with E-state index in [9.17, 15) is 4.79 Å². The zero-order valence-electron chi connectivity index (χ0n) is 16.4. The maximum Gasteiger partial charge on any atom is 0.292 e. The Morgan fingerprint density at radius 2 is 1.97 bits per heavy atom. The number of benzene rings is 2. The summed E-state index contributed by atoms with van der Waals surface area (Å²) in [6, 6.07) is 12.2. The Hall–Kier alpha value is -3.03. The predicted octanol–water partition coefficient (Wildman–Crippen LogP) is 4.78. The summed E-state index contributed by atoms with van der Waals surface area (Å²) in [6.45, 7) is 2.62. The molecule has 156 valence electrons. The SMILES string of the molecule is CCCOc1ccc(/C=N\Nc2cnn(-c3ccc(OC)cc3)c(=O)c2Cl)cc1Cl. The first-order valence-corrected chi connectivity index (χ1v) is 9.92. The van der Waals surface area contributed by atoms with Crippen LogP contribution in [0.2, 0.25) is 10.0 Å². The molecule has 0 spiro atoms. The Balaban J connectivity index is 1.73. The summed E-state index contributed by atoms with van der Waals surface area (Å²) in [5.41, 5.74) is 3.88. The molecule has 0 aliphatic rings. The lowest BCUT2D eigenvalue weighted by atomic mass is 10.2. The molecule has 3 rings (SSSR count). The monoisotopic (exact) mass is 446 g/mol. The van der Waals surface area contributed by atoms with Gasteiger partial charge in [-0.15, -0.1) is 0 Å². The van der Waals surface area contributed by atoms with E-state index in [4.69, 9.17) is 32.7 Å². The molecule has 0 aliphatic heterocycles. The van der Waals surface area contributed by atoms with E-state index in [1.54, 1.807) is 49.7 Å². The molecule has 0 fully saturated rings. The van der Waals surface area contributed by atoms with Crippen LogP contribution in [0.1, 0.15) is 18.9 Å². The van der Waals surface area contributed by atoms with Crippen molar-refractivity contribution in [3.63, 3.8) is 0 Å². The minimum Gasteiger partial charge on any atom is -0.497 e. The number of ether oxygens (including phenoxy) is 2. The molecule has 1 N–H and O–H groups in total. The van der Waals surface area contributed by atoms with Crippen molar-refractivity contribution in [1.82, 2.24) is 9.78 Å². The highest BCUT2D eigenvalue weighted by molar-refractivity contribution is 6.33. The molecule has 0 atom stereocenters. The van der Waals surface area contributed by atoms with E-state index in [1.165, 1.54) is 10.9 Å². The number of anilines is 1. The third kappa shape index (κ3) is 5.11. The number of halogens is 2. The minimum atomic E-state index is -0.470. The second-order valence-corrected chi connectivity index (χ2v) is 6.98. The van der Waals surface area contributed by atoms with Gasteiger partial charge in [0, 0.05) is 0 Å². The summed E-state index contributed by atoms with van der Waals surface area (Å²) in [5.74, 6) is 1.30. The first-order chi connectivity index (χ1) is 14.5. The van der Waals surface area contributed by atoms with E-state index < -0.39 is 5.56 Å². The van der Waals surface area contributed by atoms with E-state index in [2.05, 4.69) is 15.6 Å². The molecule has 0 radical (unpaired) electrons. The van der Waals surface area contributed by atoms with Crippen LogP contribution in [-0.2, 0) is 0 Å². The van der Waals surface area contributed by atoms with Crippen molar-refractivity contribution in [3.05, 3.63) is 74.6 Å². The minimum absolute atomic E-state index is 0.0284. The van der Waals surface area contributed by atoms with E-state index in [0.29, 0.717) is 28.8 Å². The third-order valence-corrected chi connectivity index (χ3v) is 4.71. The summed E-state index contributed by atoms with van der Waals surface area (Å²) >= 11 is 12.4. The fourth-order valence-electron chi connectivity index (χ4n) is 2.52. The molecule has 1 aromatic heterocycles. The van der Waals surface area contributed by atoms with Crippen LogP contribution in [0, 0.1) is 0 Å². The molecule has 9 heteroatoms. The molecule has 1 heterocycles. The van der Waals surface area contributed by atoms with Gasteiger partial charge in [0.1, 0.15) is 22.2 Å². The van der Waals surface area contributed by atoms with Gasteiger partial charge in [0.15, 0.2) is 0 Å². The van der Waals surface area contributed by atoms with Gasteiger partial charge in [-0.3, -0.25) is 10.2 Å². The van der Waals surface area contributed by atoms with Gasteiger partial charge in [-0.2, -0.15) is 14.9 Å². The summed E-state index contributed by atoms with van der Waals surface area (Å²) in [7, 11) is 1.57. The zero-order valence-corrected chi connectivity index (χ0v) is 17.9. The smallest absolute Gasteiger partial charge is 0.292 e. The number of aromatic nitrogens is 2. The van der Waals surface area contributed by atoms with Crippen LogP contribution in [0.4, 0.5) is 5.69 Å². The molecule has 0 bridgehead atoms. The van der Waals surface area contributed by atoms with Crippen molar-refractivity contribution < 1.29 is 9.47 Å². The number of hydrogen-bond donors (Lipinski definition) is 1. The molecular formula is C21H20Cl2N4O3. The predicted molar refractivity (Wildman–Crippen MR) is 120 cm³/mol. The molecule has 0 saturated carbocycles. The topological polar surface area (TPSA) is 77.7 Å². The quantitative estimate of drug-likeness (QED) is 0.397. The molecule has 0 saturated heterocycles. The van der Waals surface area contributed by atoms with Crippen molar-refractivity contribution in [2.75, 3.05) is 19.1 Å². The molecule has 0 aliphatic carbocycles. The molecule has 0 amide bonds. The van der Waals surface area contributed by atoms with Gasteiger partial charge in [-0.05, 0) is 54.4 Å². The van der Waals surface area contributed by atoms with Gasteiger partial charge in [0.25, 0.3) is 5.56 Å². The van der Waals surface area contributed by atoms with Crippen LogP contribution in [0.3, 0.4) is 0 Å². The number of nitrogens with zero attached hydrogens (tertiary/aromatic N) is 3. The average molecular weight is 447 g/mol. The van der Waals surface area contributed by atoms with Crippen molar-refractivity contribution in [2.45, 2.75) is 13.3 Å². The first kappa shape index (κ1) is 21.7. The fourth-order valence-corrected chi connectivity index (χ4v) is 2.94. The Kier molecular flexibility index (Phi) is 7.32. The fraction of sp³-hybridized carbons (Fsp3) is 0.190. The number of hydrazone groups is 1. The maximum absolute atomic E-state index is 12.6. The van der Waals surface area contributed by atoms with Crippen LogP contribution in [-0.4, -0.2) is 29.7 Å².